The summed E-state index contributed by atoms with van der Waals surface area (Å²) in [6.45, 7) is 8.62. The van der Waals surface area contributed by atoms with Crippen LogP contribution in [0.15, 0.2) is 29.2 Å². The second-order valence-electron chi connectivity index (χ2n) is 7.71. The summed E-state index contributed by atoms with van der Waals surface area (Å²) < 4.78 is 5.49. The molecule has 5 nitrogen and oxygen atoms in total. The van der Waals surface area contributed by atoms with Crippen molar-refractivity contribution in [2.24, 2.45) is 0 Å². The molecule has 2 aromatic heterocycles. The van der Waals surface area contributed by atoms with Crippen molar-refractivity contribution < 1.29 is 4.74 Å². The Bertz CT molecular complexity index is 1030. The van der Waals surface area contributed by atoms with Gasteiger partial charge in [-0.1, -0.05) is 18.2 Å². The Hall–Kier alpha value is -1.67. The Morgan fingerprint density at radius 1 is 1.17 bits per heavy atom. The molecule has 29 heavy (non-hydrogen) atoms. The fourth-order valence-corrected chi connectivity index (χ4v) is 6.26. The van der Waals surface area contributed by atoms with E-state index in [9.17, 15) is 0 Å². The van der Waals surface area contributed by atoms with Crippen molar-refractivity contribution in [2.75, 3.05) is 37.4 Å². The SMILES string of the molecule is Cc1sc2nc(CN3CCOCC3)nc(N[C@H]3CCSc4ccccc43)c2c1C. The lowest BCUT2D eigenvalue weighted by atomic mass is 10.0. The van der Waals surface area contributed by atoms with Gasteiger partial charge in [0, 0.05) is 28.6 Å². The van der Waals surface area contributed by atoms with Crippen LogP contribution < -0.4 is 5.32 Å². The monoisotopic (exact) mass is 426 g/mol. The Morgan fingerprint density at radius 3 is 2.86 bits per heavy atom. The molecule has 0 radical (unpaired) electrons. The smallest absolute Gasteiger partial charge is 0.146 e. The Kier molecular flexibility index (Phi) is 5.47. The molecule has 1 saturated heterocycles. The average molecular weight is 427 g/mol. The van der Waals surface area contributed by atoms with E-state index in [-0.39, 0.29) is 0 Å². The van der Waals surface area contributed by atoms with E-state index < -0.39 is 0 Å². The number of aromatic nitrogens is 2. The standard InChI is InChI=1S/C22H26N4OS2/c1-14-15(2)29-22-20(14)21(24-19(25-22)13-26-8-10-27-11-9-26)23-17-7-12-28-18-6-4-3-5-16(17)18/h3-6,17H,7-13H2,1-2H3,(H,23,24,25)/t17-/m0/s1. The van der Waals surface area contributed by atoms with Crippen LogP contribution in [0.5, 0.6) is 0 Å². The Morgan fingerprint density at radius 2 is 2.00 bits per heavy atom. The van der Waals surface area contributed by atoms with Crippen molar-refractivity contribution in [1.29, 1.82) is 0 Å². The number of anilines is 1. The van der Waals surface area contributed by atoms with E-state index >= 15 is 0 Å². The topological polar surface area (TPSA) is 50.3 Å². The molecule has 0 bridgehead atoms. The van der Waals surface area contributed by atoms with Crippen LogP contribution >= 0.6 is 23.1 Å². The van der Waals surface area contributed by atoms with E-state index in [1.807, 2.05) is 11.8 Å². The highest BCUT2D eigenvalue weighted by Crippen LogP contribution is 2.40. The summed E-state index contributed by atoms with van der Waals surface area (Å²) in [5.74, 6) is 3.03. The molecule has 7 heteroatoms. The van der Waals surface area contributed by atoms with Crippen molar-refractivity contribution in [3.63, 3.8) is 0 Å². The van der Waals surface area contributed by atoms with E-state index in [0.717, 1.165) is 61.5 Å². The second kappa shape index (κ2) is 8.22. The molecule has 0 saturated carbocycles. The molecule has 1 N–H and O–H groups in total. The van der Waals surface area contributed by atoms with Gasteiger partial charge < -0.3 is 10.1 Å². The first kappa shape index (κ1) is 19.3. The predicted molar refractivity (Wildman–Crippen MR) is 121 cm³/mol. The number of morpholine rings is 1. The van der Waals surface area contributed by atoms with Gasteiger partial charge in [0.15, 0.2) is 0 Å². The number of benzene rings is 1. The maximum atomic E-state index is 5.49. The van der Waals surface area contributed by atoms with Gasteiger partial charge in [-0.2, -0.15) is 0 Å². The van der Waals surface area contributed by atoms with Gasteiger partial charge >= 0.3 is 0 Å². The number of hydrogen-bond donors (Lipinski definition) is 1. The highest BCUT2D eigenvalue weighted by atomic mass is 32.2. The zero-order valence-electron chi connectivity index (χ0n) is 16.9. The van der Waals surface area contributed by atoms with Crippen LogP contribution in [0.25, 0.3) is 10.2 Å². The summed E-state index contributed by atoms with van der Waals surface area (Å²) in [6, 6.07) is 9.04. The van der Waals surface area contributed by atoms with Crippen LogP contribution in [0.1, 0.15) is 34.3 Å². The van der Waals surface area contributed by atoms with Gasteiger partial charge in [-0.25, -0.2) is 9.97 Å². The molecule has 0 unspecified atom stereocenters. The lowest BCUT2D eigenvalue weighted by Crippen LogP contribution is -2.36. The molecule has 152 valence electrons. The van der Waals surface area contributed by atoms with Gasteiger partial charge in [0.25, 0.3) is 0 Å². The third-order valence-electron chi connectivity index (χ3n) is 5.81. The fourth-order valence-electron chi connectivity index (χ4n) is 4.09. The summed E-state index contributed by atoms with van der Waals surface area (Å²) in [7, 11) is 0. The number of ether oxygens (including phenoxy) is 1. The van der Waals surface area contributed by atoms with E-state index in [1.165, 1.54) is 26.3 Å². The van der Waals surface area contributed by atoms with Crippen molar-refractivity contribution >= 4 is 39.1 Å². The van der Waals surface area contributed by atoms with Crippen LogP contribution in [0, 0.1) is 13.8 Å². The summed E-state index contributed by atoms with van der Waals surface area (Å²) in [5, 5.41) is 5.00. The summed E-state index contributed by atoms with van der Waals surface area (Å²) in [5.41, 5.74) is 2.68. The molecule has 0 aliphatic carbocycles. The van der Waals surface area contributed by atoms with Gasteiger partial charge in [0.2, 0.25) is 0 Å². The highest BCUT2D eigenvalue weighted by Gasteiger charge is 2.23. The van der Waals surface area contributed by atoms with Gasteiger partial charge in [-0.15, -0.1) is 23.1 Å². The molecule has 0 amide bonds. The minimum Gasteiger partial charge on any atom is -0.379 e. The van der Waals surface area contributed by atoms with Gasteiger partial charge in [0.1, 0.15) is 16.5 Å². The quantitative estimate of drug-likeness (QED) is 0.647. The van der Waals surface area contributed by atoms with Crippen molar-refractivity contribution in [3.8, 4) is 0 Å². The number of aryl methyl sites for hydroxylation is 2. The normalized spacial score (nSPS) is 20.0. The molecule has 2 aliphatic heterocycles. The maximum Gasteiger partial charge on any atom is 0.146 e. The van der Waals surface area contributed by atoms with E-state index in [0.29, 0.717) is 6.04 Å². The number of thioether (sulfide) groups is 1. The summed E-state index contributed by atoms with van der Waals surface area (Å²) in [6.07, 6.45) is 1.11. The molecule has 5 rings (SSSR count). The minimum absolute atomic E-state index is 0.293. The van der Waals surface area contributed by atoms with Gasteiger partial charge in [0.05, 0.1) is 31.2 Å². The van der Waals surface area contributed by atoms with Gasteiger partial charge in [-0.3, -0.25) is 4.90 Å². The predicted octanol–water partition coefficient (Wildman–Crippen LogP) is 4.79. The number of fused-ring (bicyclic) bond motifs is 2. The second-order valence-corrected chi connectivity index (χ2v) is 10.1. The molecular weight excluding hydrogens is 400 g/mol. The number of hydrogen-bond acceptors (Lipinski definition) is 7. The van der Waals surface area contributed by atoms with Crippen LogP contribution in [-0.2, 0) is 11.3 Å². The zero-order valence-corrected chi connectivity index (χ0v) is 18.5. The average Bonchev–Trinajstić information content (AvgIpc) is 3.03. The Labute approximate surface area is 179 Å². The van der Waals surface area contributed by atoms with Crippen molar-refractivity contribution in [1.82, 2.24) is 14.9 Å². The largest absolute Gasteiger partial charge is 0.379 e. The number of nitrogens with one attached hydrogen (secondary N) is 1. The minimum atomic E-state index is 0.293. The first-order chi connectivity index (χ1) is 14.2. The van der Waals surface area contributed by atoms with Crippen LogP contribution in [-0.4, -0.2) is 46.9 Å². The molecule has 2 aliphatic rings. The molecule has 1 fully saturated rings. The third-order valence-corrected chi connectivity index (χ3v) is 8.04. The number of thiophene rings is 1. The third kappa shape index (κ3) is 3.89. The van der Waals surface area contributed by atoms with Gasteiger partial charge in [-0.05, 0) is 37.5 Å². The highest BCUT2D eigenvalue weighted by molar-refractivity contribution is 7.99. The van der Waals surface area contributed by atoms with E-state index in [2.05, 4.69) is 48.3 Å². The maximum absolute atomic E-state index is 5.49. The van der Waals surface area contributed by atoms with Crippen molar-refractivity contribution in [3.05, 3.63) is 46.1 Å². The summed E-state index contributed by atoms with van der Waals surface area (Å²) in [4.78, 5) is 16.1. The summed E-state index contributed by atoms with van der Waals surface area (Å²) >= 11 is 3.73. The fraction of sp³-hybridized carbons (Fsp3) is 0.455. The molecule has 1 atom stereocenters. The first-order valence-corrected chi connectivity index (χ1v) is 12.0. The first-order valence-electron chi connectivity index (χ1n) is 10.2. The lowest BCUT2D eigenvalue weighted by molar-refractivity contribution is 0.0331. The van der Waals surface area contributed by atoms with Crippen molar-refractivity contribution in [2.45, 2.75) is 37.8 Å². The lowest BCUT2D eigenvalue weighted by Gasteiger charge is -2.28. The zero-order chi connectivity index (χ0) is 19.8. The molecule has 3 aromatic rings. The number of rotatable bonds is 4. The molecular formula is C22H26N4OS2. The Balaban J connectivity index is 1.51. The molecule has 4 heterocycles. The molecule has 1 aromatic carbocycles. The van der Waals surface area contributed by atoms with E-state index in [1.54, 1.807) is 11.3 Å². The van der Waals surface area contributed by atoms with E-state index in [4.69, 9.17) is 14.7 Å². The van der Waals surface area contributed by atoms with Crippen LogP contribution in [0.3, 0.4) is 0 Å². The number of nitrogens with zero attached hydrogens (tertiary/aromatic N) is 3. The van der Waals surface area contributed by atoms with Crippen LogP contribution in [0.2, 0.25) is 0 Å². The van der Waals surface area contributed by atoms with Crippen LogP contribution in [0.4, 0.5) is 5.82 Å². The molecule has 0 spiro atoms.